The minimum Gasteiger partial charge on any atom is -0.450 e. The van der Waals surface area contributed by atoms with Crippen LogP contribution in [0.3, 0.4) is 0 Å². The smallest absolute Gasteiger partial charge is 0.409 e. The van der Waals surface area contributed by atoms with Crippen LogP contribution in [0.4, 0.5) is 9.18 Å². The highest BCUT2D eigenvalue weighted by atomic mass is 19.1. The van der Waals surface area contributed by atoms with E-state index in [1.165, 1.54) is 4.90 Å². The number of nitrogens with zero attached hydrogens (tertiary/aromatic N) is 1. The first-order valence-electron chi connectivity index (χ1n) is 4.23. The Labute approximate surface area is 75.6 Å². The number of ketones is 1. The van der Waals surface area contributed by atoms with Crippen molar-refractivity contribution in [2.24, 2.45) is 0 Å². The molecule has 0 radical (unpaired) electrons. The Morgan fingerprint density at radius 1 is 1.77 bits per heavy atom. The number of amides is 1. The van der Waals surface area contributed by atoms with Crippen molar-refractivity contribution in [3.63, 3.8) is 0 Å². The Balaban J connectivity index is 2.45. The number of halogens is 1. The van der Waals surface area contributed by atoms with Gasteiger partial charge in [-0.2, -0.15) is 0 Å². The normalized spacial score (nSPS) is 23.1. The number of carbonyl (C=O) groups excluding carboxylic acids is 2. The number of carbonyl (C=O) groups is 2. The van der Waals surface area contributed by atoms with Crippen molar-refractivity contribution < 1.29 is 18.7 Å². The number of hydrogen-bond donors (Lipinski definition) is 0. The van der Waals surface area contributed by atoms with Crippen LogP contribution in [0.5, 0.6) is 0 Å². The fourth-order valence-corrected chi connectivity index (χ4v) is 1.17. The summed E-state index contributed by atoms with van der Waals surface area (Å²) in [5.41, 5.74) is 0. The van der Waals surface area contributed by atoms with Gasteiger partial charge in [-0.05, 0) is 6.92 Å². The lowest BCUT2D eigenvalue weighted by molar-refractivity contribution is -0.126. The van der Waals surface area contributed by atoms with Crippen LogP contribution in [-0.4, -0.2) is 42.6 Å². The summed E-state index contributed by atoms with van der Waals surface area (Å²) in [5, 5.41) is 0. The van der Waals surface area contributed by atoms with Crippen molar-refractivity contribution in [3.05, 3.63) is 0 Å². The monoisotopic (exact) mass is 189 g/mol. The van der Waals surface area contributed by atoms with E-state index >= 15 is 0 Å². The molecule has 1 heterocycles. The molecule has 1 aliphatic heterocycles. The number of piperidine rings is 1. The minimum atomic E-state index is -1.54. The molecule has 0 bridgehead atoms. The van der Waals surface area contributed by atoms with Gasteiger partial charge < -0.3 is 9.64 Å². The van der Waals surface area contributed by atoms with Gasteiger partial charge in [0.25, 0.3) is 0 Å². The van der Waals surface area contributed by atoms with Crippen LogP contribution in [0.15, 0.2) is 0 Å². The summed E-state index contributed by atoms with van der Waals surface area (Å²) in [6.45, 7) is 2.04. The van der Waals surface area contributed by atoms with E-state index in [9.17, 15) is 14.0 Å². The summed E-state index contributed by atoms with van der Waals surface area (Å²) in [6.07, 6.45) is -2.00. The summed E-state index contributed by atoms with van der Waals surface area (Å²) in [4.78, 5) is 23.1. The molecule has 5 heteroatoms. The van der Waals surface area contributed by atoms with Gasteiger partial charge in [0, 0.05) is 13.0 Å². The van der Waals surface area contributed by atoms with E-state index < -0.39 is 18.0 Å². The lowest BCUT2D eigenvalue weighted by Gasteiger charge is -2.27. The maximum absolute atomic E-state index is 12.8. The van der Waals surface area contributed by atoms with Crippen LogP contribution in [-0.2, 0) is 9.53 Å². The molecule has 0 aromatic rings. The maximum atomic E-state index is 12.8. The van der Waals surface area contributed by atoms with Gasteiger partial charge in [0.05, 0.1) is 13.2 Å². The topological polar surface area (TPSA) is 46.6 Å². The molecule has 4 nitrogen and oxygen atoms in total. The first-order chi connectivity index (χ1) is 6.15. The zero-order chi connectivity index (χ0) is 9.84. The molecule has 1 rings (SSSR count). The number of Topliss-reactive ketones (excluding diaryl/α,β-unsaturated/α-hetero) is 1. The molecule has 1 atom stereocenters. The number of alkyl halides is 1. The Bertz CT molecular complexity index is 219. The van der Waals surface area contributed by atoms with E-state index in [4.69, 9.17) is 0 Å². The predicted octanol–water partition coefficient (Wildman–Crippen LogP) is 0.756. The average Bonchev–Trinajstić information content (AvgIpc) is 2.10. The molecule has 1 aliphatic rings. The van der Waals surface area contributed by atoms with Crippen LogP contribution >= 0.6 is 0 Å². The summed E-state index contributed by atoms with van der Waals surface area (Å²) in [7, 11) is 0. The zero-order valence-electron chi connectivity index (χ0n) is 7.46. The van der Waals surface area contributed by atoms with Crippen molar-refractivity contribution in [3.8, 4) is 0 Å². The third kappa shape index (κ3) is 2.40. The minimum absolute atomic E-state index is 0.0833. The highest BCUT2D eigenvalue weighted by molar-refractivity contribution is 5.85. The van der Waals surface area contributed by atoms with Gasteiger partial charge >= 0.3 is 6.09 Å². The van der Waals surface area contributed by atoms with E-state index in [0.717, 1.165) is 0 Å². The molecule has 0 aromatic carbocycles. The molecule has 74 valence electrons. The van der Waals surface area contributed by atoms with Crippen molar-refractivity contribution in [2.45, 2.75) is 19.5 Å². The van der Waals surface area contributed by atoms with Crippen LogP contribution in [0.25, 0.3) is 0 Å². The van der Waals surface area contributed by atoms with Gasteiger partial charge in [0.2, 0.25) is 0 Å². The molecule has 13 heavy (non-hydrogen) atoms. The average molecular weight is 189 g/mol. The molecule has 1 amide bonds. The first kappa shape index (κ1) is 9.95. The Kier molecular flexibility index (Phi) is 3.22. The van der Waals surface area contributed by atoms with Crippen molar-refractivity contribution in [1.82, 2.24) is 4.90 Å². The third-order valence-electron chi connectivity index (χ3n) is 1.88. The fourth-order valence-electron chi connectivity index (χ4n) is 1.17. The number of likely N-dealkylation sites (tertiary alicyclic amines) is 1. The van der Waals surface area contributed by atoms with E-state index in [1.807, 2.05) is 0 Å². The predicted molar refractivity (Wildman–Crippen MR) is 43.1 cm³/mol. The lowest BCUT2D eigenvalue weighted by Crippen LogP contribution is -2.45. The molecular formula is C8H12FNO3. The SMILES string of the molecule is CCOC(=O)N1CCC(=O)C(F)C1. The van der Waals surface area contributed by atoms with E-state index in [-0.39, 0.29) is 26.1 Å². The molecule has 1 unspecified atom stereocenters. The zero-order valence-corrected chi connectivity index (χ0v) is 7.46. The fraction of sp³-hybridized carbons (Fsp3) is 0.750. The van der Waals surface area contributed by atoms with E-state index in [2.05, 4.69) is 4.74 Å². The number of ether oxygens (including phenoxy) is 1. The molecule has 0 saturated carbocycles. The number of rotatable bonds is 1. The molecule has 1 saturated heterocycles. The molecule has 0 spiro atoms. The largest absolute Gasteiger partial charge is 0.450 e. The van der Waals surface area contributed by atoms with Crippen LogP contribution in [0, 0.1) is 0 Å². The van der Waals surface area contributed by atoms with Crippen molar-refractivity contribution in [1.29, 1.82) is 0 Å². The molecular weight excluding hydrogens is 177 g/mol. The first-order valence-corrected chi connectivity index (χ1v) is 4.23. The summed E-state index contributed by atoms with van der Waals surface area (Å²) in [5.74, 6) is -0.430. The maximum Gasteiger partial charge on any atom is 0.409 e. The van der Waals surface area contributed by atoms with Gasteiger partial charge in [-0.15, -0.1) is 0 Å². The van der Waals surface area contributed by atoms with Crippen molar-refractivity contribution in [2.75, 3.05) is 19.7 Å². The van der Waals surface area contributed by atoms with E-state index in [1.54, 1.807) is 6.92 Å². The quantitative estimate of drug-likeness (QED) is 0.611. The van der Waals surface area contributed by atoms with E-state index in [0.29, 0.717) is 0 Å². The van der Waals surface area contributed by atoms with Gasteiger partial charge in [-0.25, -0.2) is 9.18 Å². The van der Waals surface area contributed by atoms with Gasteiger partial charge in [0.1, 0.15) is 0 Å². The van der Waals surface area contributed by atoms with Crippen molar-refractivity contribution >= 4 is 11.9 Å². The molecule has 0 aliphatic carbocycles. The highest BCUT2D eigenvalue weighted by Crippen LogP contribution is 2.10. The summed E-state index contributed by atoms with van der Waals surface area (Å²) < 4.78 is 17.5. The Morgan fingerprint density at radius 2 is 2.46 bits per heavy atom. The van der Waals surface area contributed by atoms with Crippen LogP contribution in [0.2, 0.25) is 0 Å². The van der Waals surface area contributed by atoms with Gasteiger partial charge in [-0.1, -0.05) is 0 Å². The second-order valence-corrected chi connectivity index (χ2v) is 2.83. The third-order valence-corrected chi connectivity index (χ3v) is 1.88. The Hall–Kier alpha value is -1.13. The highest BCUT2D eigenvalue weighted by Gasteiger charge is 2.29. The van der Waals surface area contributed by atoms with Gasteiger partial charge in [0.15, 0.2) is 12.0 Å². The summed E-state index contributed by atoms with van der Waals surface area (Å²) >= 11 is 0. The number of hydrogen-bond acceptors (Lipinski definition) is 3. The standard InChI is InChI=1S/C8H12FNO3/c1-2-13-8(12)10-4-3-7(11)6(9)5-10/h6H,2-5H2,1H3. The molecule has 0 N–H and O–H groups in total. The molecule has 0 aromatic heterocycles. The second kappa shape index (κ2) is 4.20. The second-order valence-electron chi connectivity index (χ2n) is 2.83. The Morgan fingerprint density at radius 3 is 3.00 bits per heavy atom. The van der Waals surface area contributed by atoms with Crippen LogP contribution in [0.1, 0.15) is 13.3 Å². The lowest BCUT2D eigenvalue weighted by atomic mass is 10.1. The van der Waals surface area contributed by atoms with Crippen LogP contribution < -0.4 is 0 Å². The van der Waals surface area contributed by atoms with Gasteiger partial charge in [-0.3, -0.25) is 4.79 Å². The summed E-state index contributed by atoms with van der Waals surface area (Å²) in [6, 6.07) is 0. The molecule has 1 fully saturated rings.